The van der Waals surface area contributed by atoms with E-state index >= 15 is 0 Å². The highest BCUT2D eigenvalue weighted by Crippen LogP contribution is 2.45. The molecule has 1 amide bonds. The van der Waals surface area contributed by atoms with E-state index in [0.29, 0.717) is 42.7 Å². The summed E-state index contributed by atoms with van der Waals surface area (Å²) in [5.41, 5.74) is 7.81. The van der Waals surface area contributed by atoms with E-state index in [0.717, 1.165) is 41.2 Å². The summed E-state index contributed by atoms with van der Waals surface area (Å²) in [4.78, 5) is 19.7. The number of ether oxygens (including phenoxy) is 2. The number of furan rings is 1. The van der Waals surface area contributed by atoms with E-state index in [2.05, 4.69) is 59.0 Å². The maximum atomic E-state index is 13.6. The molecule has 1 aliphatic rings. The van der Waals surface area contributed by atoms with Crippen LogP contribution in [0.2, 0.25) is 0 Å². The number of fused-ring (bicyclic) bond motifs is 1. The van der Waals surface area contributed by atoms with Crippen LogP contribution >= 0.6 is 11.3 Å². The molecule has 0 bridgehead atoms. The van der Waals surface area contributed by atoms with Gasteiger partial charge in [0.05, 0.1) is 25.0 Å². The lowest BCUT2D eigenvalue weighted by molar-refractivity contribution is 0.0947. The molecule has 0 saturated carbocycles. The summed E-state index contributed by atoms with van der Waals surface area (Å²) in [6, 6.07) is 13.9. The Morgan fingerprint density at radius 1 is 1.09 bits per heavy atom. The number of carbonyl (C=O) groups excluding carboxylic acids is 1. The normalized spacial score (nSPS) is 14.9. The fraction of sp³-hybridized carbons (Fsp3) is 0.405. The molecule has 2 heterocycles. The van der Waals surface area contributed by atoms with E-state index < -0.39 is 0 Å². The zero-order valence-corrected chi connectivity index (χ0v) is 27.8. The van der Waals surface area contributed by atoms with Crippen LogP contribution in [0.25, 0.3) is 0 Å². The molecule has 4 aromatic rings. The van der Waals surface area contributed by atoms with Crippen LogP contribution in [0, 0.1) is 32.1 Å². The van der Waals surface area contributed by atoms with Crippen LogP contribution in [0.5, 0.6) is 11.5 Å². The van der Waals surface area contributed by atoms with E-state index in [4.69, 9.17) is 18.9 Å². The summed E-state index contributed by atoms with van der Waals surface area (Å²) >= 11 is 1.64. The van der Waals surface area contributed by atoms with Crippen molar-refractivity contribution in [2.24, 2.45) is 16.3 Å². The maximum Gasteiger partial charge on any atom is 0.255 e. The van der Waals surface area contributed by atoms with Crippen molar-refractivity contribution in [3.05, 3.63) is 98.3 Å². The second-order valence-electron chi connectivity index (χ2n) is 12.8. The zero-order chi connectivity index (χ0) is 31.4. The molecule has 0 radical (unpaired) electrons. The van der Waals surface area contributed by atoms with E-state index in [-0.39, 0.29) is 11.3 Å². The maximum absolute atomic E-state index is 13.6. The standard InChI is InChI=1S/C37H44N2O4S/c1-8-41-32-18-26(11-14-31(32)43-22-30-24(3)16-23(2)17-25(30)4)20-39-36-34(35(40)38-21-28-10-9-15-42-28)29-13-12-27(37(5,6)7)19-33(29)44-36/h9-11,14-18,20,27H,8,12-13,19,21-22H2,1-7H3,(H,38,40)/t27-/m1/s1. The Hall–Kier alpha value is -3.84. The zero-order valence-electron chi connectivity index (χ0n) is 27.0. The summed E-state index contributed by atoms with van der Waals surface area (Å²) in [5, 5.41) is 3.79. The Morgan fingerprint density at radius 3 is 2.55 bits per heavy atom. The Kier molecular flexibility index (Phi) is 9.64. The Labute approximate surface area is 265 Å². The molecular formula is C37H44N2O4S. The number of aliphatic imine (C=N–C) groups is 1. The van der Waals surface area contributed by atoms with Crippen molar-refractivity contribution in [2.75, 3.05) is 6.61 Å². The van der Waals surface area contributed by atoms with Crippen LogP contribution in [0.3, 0.4) is 0 Å². The highest BCUT2D eigenvalue weighted by atomic mass is 32.1. The molecule has 6 nitrogen and oxygen atoms in total. The van der Waals surface area contributed by atoms with Gasteiger partial charge in [-0.1, -0.05) is 38.5 Å². The molecule has 2 aromatic carbocycles. The predicted octanol–water partition coefficient (Wildman–Crippen LogP) is 9.08. The van der Waals surface area contributed by atoms with Crippen molar-refractivity contribution < 1.29 is 18.7 Å². The molecule has 1 atom stereocenters. The van der Waals surface area contributed by atoms with Gasteiger partial charge in [-0.25, -0.2) is 4.99 Å². The molecular weight excluding hydrogens is 568 g/mol. The summed E-state index contributed by atoms with van der Waals surface area (Å²) in [6.45, 7) is 16.6. The summed E-state index contributed by atoms with van der Waals surface area (Å²) in [7, 11) is 0. The molecule has 7 heteroatoms. The summed E-state index contributed by atoms with van der Waals surface area (Å²) < 4.78 is 17.7. The second kappa shape index (κ2) is 13.4. The first kappa shape index (κ1) is 31.6. The summed E-state index contributed by atoms with van der Waals surface area (Å²) in [5.74, 6) is 2.55. The first-order valence-electron chi connectivity index (χ1n) is 15.5. The molecule has 5 rings (SSSR count). The van der Waals surface area contributed by atoms with Crippen LogP contribution < -0.4 is 14.8 Å². The molecule has 232 valence electrons. The highest BCUT2D eigenvalue weighted by Gasteiger charge is 2.33. The fourth-order valence-electron chi connectivity index (χ4n) is 6.02. The Bertz CT molecular complexity index is 1620. The van der Waals surface area contributed by atoms with Crippen molar-refractivity contribution in [1.29, 1.82) is 0 Å². The molecule has 0 unspecified atom stereocenters. The number of nitrogens with one attached hydrogen (secondary N) is 1. The lowest BCUT2D eigenvalue weighted by Crippen LogP contribution is -2.28. The lowest BCUT2D eigenvalue weighted by atomic mass is 9.72. The van der Waals surface area contributed by atoms with Crippen molar-refractivity contribution in [2.45, 2.75) is 80.9 Å². The van der Waals surface area contributed by atoms with Crippen LogP contribution in [0.1, 0.15) is 88.5 Å². The number of amides is 1. The number of hydrogen-bond acceptors (Lipinski definition) is 6. The lowest BCUT2D eigenvalue weighted by Gasteiger charge is -2.33. The van der Waals surface area contributed by atoms with Crippen LogP contribution in [0.4, 0.5) is 5.00 Å². The largest absolute Gasteiger partial charge is 0.490 e. The van der Waals surface area contributed by atoms with Gasteiger partial charge in [-0.15, -0.1) is 11.3 Å². The van der Waals surface area contributed by atoms with Crippen LogP contribution in [0.15, 0.2) is 58.1 Å². The molecule has 0 aliphatic heterocycles. The minimum atomic E-state index is -0.110. The molecule has 0 fully saturated rings. The van der Waals surface area contributed by atoms with E-state index in [1.807, 2.05) is 43.5 Å². The molecule has 1 N–H and O–H groups in total. The number of nitrogens with zero attached hydrogens (tertiary/aromatic N) is 1. The van der Waals surface area contributed by atoms with Crippen molar-refractivity contribution in [1.82, 2.24) is 5.32 Å². The average molecular weight is 613 g/mol. The summed E-state index contributed by atoms with van der Waals surface area (Å²) in [6.07, 6.45) is 6.36. The first-order chi connectivity index (χ1) is 21.0. The molecule has 2 aromatic heterocycles. The third-order valence-corrected chi connectivity index (χ3v) is 9.67. The Balaban J connectivity index is 1.40. The third-order valence-electron chi connectivity index (χ3n) is 8.51. The van der Waals surface area contributed by atoms with Gasteiger partial charge in [0.2, 0.25) is 0 Å². The minimum absolute atomic E-state index is 0.110. The minimum Gasteiger partial charge on any atom is -0.490 e. The van der Waals surface area contributed by atoms with Gasteiger partial charge in [0.25, 0.3) is 5.91 Å². The van der Waals surface area contributed by atoms with Crippen molar-refractivity contribution >= 4 is 28.5 Å². The SMILES string of the molecule is CCOc1cc(C=Nc2sc3c(c2C(=O)NCc2ccco2)CC[C@@H](C(C)(C)C)C3)ccc1OCc1c(C)cc(C)cc1C. The molecule has 0 spiro atoms. The molecule has 0 saturated heterocycles. The van der Waals surface area contributed by atoms with Gasteiger partial charge >= 0.3 is 0 Å². The third kappa shape index (κ3) is 7.27. The number of carbonyl (C=O) groups is 1. The van der Waals surface area contributed by atoms with E-state index in [1.165, 1.54) is 27.1 Å². The molecule has 1 aliphatic carbocycles. The second-order valence-corrected chi connectivity index (χ2v) is 13.9. The van der Waals surface area contributed by atoms with E-state index in [1.54, 1.807) is 17.6 Å². The number of aryl methyl sites for hydroxylation is 3. The predicted molar refractivity (Wildman–Crippen MR) is 179 cm³/mol. The van der Waals surface area contributed by atoms with Gasteiger partial charge in [0.1, 0.15) is 17.4 Å². The van der Waals surface area contributed by atoms with E-state index in [9.17, 15) is 4.79 Å². The smallest absolute Gasteiger partial charge is 0.255 e. The first-order valence-corrected chi connectivity index (χ1v) is 16.3. The highest BCUT2D eigenvalue weighted by molar-refractivity contribution is 7.16. The molecule has 44 heavy (non-hydrogen) atoms. The van der Waals surface area contributed by atoms with Gasteiger partial charge < -0.3 is 19.2 Å². The quantitative estimate of drug-likeness (QED) is 0.181. The topological polar surface area (TPSA) is 73.1 Å². The average Bonchev–Trinajstić information content (AvgIpc) is 3.62. The Morgan fingerprint density at radius 2 is 1.86 bits per heavy atom. The van der Waals surface area contributed by atoms with Gasteiger partial charge in [0.15, 0.2) is 11.5 Å². The van der Waals surface area contributed by atoms with Crippen molar-refractivity contribution in [3.8, 4) is 11.5 Å². The van der Waals surface area contributed by atoms with Gasteiger partial charge in [-0.05, 0) is 116 Å². The van der Waals surface area contributed by atoms with Gasteiger partial charge in [0, 0.05) is 11.1 Å². The van der Waals surface area contributed by atoms with Gasteiger partial charge in [-0.2, -0.15) is 0 Å². The van der Waals surface area contributed by atoms with Crippen LogP contribution in [-0.4, -0.2) is 18.7 Å². The number of rotatable bonds is 10. The number of thiophene rings is 1. The van der Waals surface area contributed by atoms with Crippen LogP contribution in [-0.2, 0) is 26.0 Å². The van der Waals surface area contributed by atoms with Crippen molar-refractivity contribution in [3.63, 3.8) is 0 Å². The number of hydrogen-bond donors (Lipinski definition) is 1. The van der Waals surface area contributed by atoms with Gasteiger partial charge in [-0.3, -0.25) is 4.79 Å². The fourth-order valence-corrected chi connectivity index (χ4v) is 7.29. The monoisotopic (exact) mass is 612 g/mol. The number of benzene rings is 2.